The van der Waals surface area contributed by atoms with Crippen LogP contribution >= 0.6 is 0 Å². The molecule has 1 aromatic rings. The van der Waals surface area contributed by atoms with Crippen LogP contribution in [0.25, 0.3) is 0 Å². The van der Waals surface area contributed by atoms with Crippen LogP contribution in [-0.2, 0) is 10.7 Å². The number of carbonyl (C=O) groups is 1. The highest BCUT2D eigenvalue weighted by atomic mass is 19.3. The number of anilines is 1. The van der Waals surface area contributed by atoms with Gasteiger partial charge in [0.25, 0.3) is 11.8 Å². The minimum absolute atomic E-state index is 0.106. The van der Waals surface area contributed by atoms with Gasteiger partial charge in [0.05, 0.1) is 11.2 Å². The smallest absolute Gasteiger partial charge is 0.290 e. The third-order valence-corrected chi connectivity index (χ3v) is 2.78. The third kappa shape index (κ3) is 2.03. The summed E-state index contributed by atoms with van der Waals surface area (Å²) in [4.78, 5) is 11.1. The molecule has 4 nitrogen and oxygen atoms in total. The number of halogens is 2. The van der Waals surface area contributed by atoms with Gasteiger partial charge in [-0.3, -0.25) is 4.79 Å². The van der Waals surface area contributed by atoms with Crippen LogP contribution in [-0.4, -0.2) is 18.1 Å². The van der Waals surface area contributed by atoms with Gasteiger partial charge in [-0.1, -0.05) is 0 Å². The molecule has 0 aliphatic carbocycles. The van der Waals surface area contributed by atoms with Crippen LogP contribution in [0.15, 0.2) is 18.2 Å². The van der Waals surface area contributed by atoms with Crippen molar-refractivity contribution < 1.29 is 18.3 Å². The van der Waals surface area contributed by atoms with Crippen LogP contribution in [0, 0.1) is 0 Å². The molecule has 3 N–H and O–H groups in total. The Hall–Kier alpha value is -1.69. The van der Waals surface area contributed by atoms with E-state index in [4.69, 9.17) is 10.5 Å². The first-order valence-electron chi connectivity index (χ1n) is 5.46. The molecule has 18 heavy (non-hydrogen) atoms. The van der Waals surface area contributed by atoms with E-state index in [-0.39, 0.29) is 23.8 Å². The summed E-state index contributed by atoms with van der Waals surface area (Å²) in [5.41, 5.74) is 3.78. The predicted octanol–water partition coefficient (Wildman–Crippen LogP) is 1.85. The fourth-order valence-corrected chi connectivity index (χ4v) is 1.65. The summed E-state index contributed by atoms with van der Waals surface area (Å²) in [6.45, 7) is 2.40. The zero-order valence-corrected chi connectivity index (χ0v) is 10.1. The Morgan fingerprint density at radius 2 is 2.06 bits per heavy atom. The third-order valence-electron chi connectivity index (χ3n) is 2.78. The van der Waals surface area contributed by atoms with Crippen LogP contribution in [0.2, 0.25) is 0 Å². The number of fused-ring (bicyclic) bond motifs is 1. The monoisotopic (exact) mass is 256 g/mol. The van der Waals surface area contributed by atoms with E-state index in [0.29, 0.717) is 5.75 Å². The number of benzene rings is 1. The molecule has 1 aliphatic rings. The van der Waals surface area contributed by atoms with Crippen molar-refractivity contribution in [1.82, 2.24) is 0 Å². The van der Waals surface area contributed by atoms with Gasteiger partial charge in [0.1, 0.15) is 5.75 Å². The minimum atomic E-state index is -3.20. The molecule has 1 aliphatic heterocycles. The van der Waals surface area contributed by atoms with Crippen LogP contribution in [0.3, 0.4) is 0 Å². The zero-order chi connectivity index (χ0) is 13.6. The number of hydrogen-bond donors (Lipinski definition) is 2. The normalized spacial score (nSPS) is 15.7. The molecule has 98 valence electrons. The maximum Gasteiger partial charge on any atom is 0.290 e. The molecule has 6 heteroatoms. The number of rotatable bonds is 2. The number of amides is 1. The lowest BCUT2D eigenvalue weighted by Gasteiger charge is -2.31. The quantitative estimate of drug-likeness (QED) is 0.848. The van der Waals surface area contributed by atoms with E-state index in [2.05, 4.69) is 5.32 Å². The number of nitrogens with two attached hydrogens (primary N) is 1. The van der Waals surface area contributed by atoms with Crippen molar-refractivity contribution >= 4 is 11.6 Å². The highest BCUT2D eigenvalue weighted by Crippen LogP contribution is 2.40. The molecular weight excluding hydrogens is 242 g/mol. The fraction of sp³-hybridized carbons (Fsp3) is 0.417. The van der Waals surface area contributed by atoms with E-state index in [1.54, 1.807) is 0 Å². The molecule has 0 atom stereocenters. The molecule has 0 aromatic heterocycles. The van der Waals surface area contributed by atoms with Crippen molar-refractivity contribution in [3.05, 3.63) is 23.8 Å². The Labute approximate surface area is 103 Å². The molecule has 2 rings (SSSR count). The first kappa shape index (κ1) is 12.8. The van der Waals surface area contributed by atoms with Gasteiger partial charge in [0, 0.05) is 5.56 Å². The molecular formula is C12H14F2N2O2. The van der Waals surface area contributed by atoms with Gasteiger partial charge < -0.3 is 15.8 Å². The number of ether oxygens (including phenoxy) is 1. The molecule has 0 fully saturated rings. The fourth-order valence-electron chi connectivity index (χ4n) is 1.65. The first-order valence-corrected chi connectivity index (χ1v) is 5.46. The number of alkyl halides is 2. The van der Waals surface area contributed by atoms with Crippen molar-refractivity contribution in [2.45, 2.75) is 25.3 Å². The van der Waals surface area contributed by atoms with Gasteiger partial charge in [-0.25, -0.2) is 0 Å². The van der Waals surface area contributed by atoms with Crippen molar-refractivity contribution in [2.75, 3.05) is 11.9 Å². The highest BCUT2D eigenvalue weighted by molar-refractivity contribution is 5.95. The van der Waals surface area contributed by atoms with Gasteiger partial charge in [-0.2, -0.15) is 8.78 Å². The lowest BCUT2D eigenvalue weighted by atomic mass is 9.90. The average Bonchev–Trinajstić information content (AvgIpc) is 2.26. The van der Waals surface area contributed by atoms with Gasteiger partial charge in [0.2, 0.25) is 0 Å². The topological polar surface area (TPSA) is 64.3 Å². The Bertz CT molecular complexity index is 495. The number of carbonyl (C=O) groups excluding carboxylic acids is 1. The lowest BCUT2D eigenvalue weighted by molar-refractivity contribution is -0.118. The van der Waals surface area contributed by atoms with E-state index < -0.39 is 11.5 Å². The summed E-state index contributed by atoms with van der Waals surface area (Å²) >= 11 is 0. The van der Waals surface area contributed by atoms with E-state index in [1.165, 1.54) is 32.0 Å². The molecule has 0 saturated heterocycles. The largest absolute Gasteiger partial charge is 0.482 e. The summed E-state index contributed by atoms with van der Waals surface area (Å²) in [5.74, 6) is -3.19. The SMILES string of the molecule is CC(C)(N)C(F)(F)c1ccc2c(c1)NC(=O)CO2. The molecule has 0 unspecified atom stereocenters. The van der Waals surface area contributed by atoms with Crippen LogP contribution < -0.4 is 15.8 Å². The summed E-state index contributed by atoms with van der Waals surface area (Å²) < 4.78 is 33.2. The molecule has 1 amide bonds. The summed E-state index contributed by atoms with van der Waals surface area (Å²) in [6.07, 6.45) is 0. The van der Waals surface area contributed by atoms with Crippen molar-refractivity contribution in [2.24, 2.45) is 5.73 Å². The van der Waals surface area contributed by atoms with Crippen LogP contribution in [0.1, 0.15) is 19.4 Å². The van der Waals surface area contributed by atoms with Gasteiger partial charge in [-0.05, 0) is 32.0 Å². The number of nitrogens with one attached hydrogen (secondary N) is 1. The van der Waals surface area contributed by atoms with Crippen LogP contribution in [0.4, 0.5) is 14.5 Å². The molecule has 0 saturated carbocycles. The molecule has 0 bridgehead atoms. The van der Waals surface area contributed by atoms with Gasteiger partial charge in [0.15, 0.2) is 6.61 Å². The van der Waals surface area contributed by atoms with E-state index in [1.807, 2.05) is 0 Å². The Morgan fingerprint density at radius 3 is 2.67 bits per heavy atom. The zero-order valence-electron chi connectivity index (χ0n) is 10.1. The predicted molar refractivity (Wildman–Crippen MR) is 62.7 cm³/mol. The van der Waals surface area contributed by atoms with Crippen LogP contribution in [0.5, 0.6) is 5.75 Å². The molecule has 1 heterocycles. The van der Waals surface area contributed by atoms with Crippen molar-refractivity contribution in [3.63, 3.8) is 0 Å². The maximum absolute atomic E-state index is 14.1. The summed E-state index contributed by atoms with van der Waals surface area (Å²) in [7, 11) is 0. The number of hydrogen-bond acceptors (Lipinski definition) is 3. The molecule has 0 radical (unpaired) electrons. The summed E-state index contributed by atoms with van der Waals surface area (Å²) in [5, 5.41) is 2.49. The average molecular weight is 256 g/mol. The van der Waals surface area contributed by atoms with Gasteiger partial charge >= 0.3 is 0 Å². The van der Waals surface area contributed by atoms with E-state index in [0.717, 1.165) is 0 Å². The minimum Gasteiger partial charge on any atom is -0.482 e. The lowest BCUT2D eigenvalue weighted by Crippen LogP contribution is -2.48. The molecule has 1 aromatic carbocycles. The van der Waals surface area contributed by atoms with E-state index >= 15 is 0 Å². The Morgan fingerprint density at radius 1 is 1.39 bits per heavy atom. The Balaban J connectivity index is 2.43. The van der Waals surface area contributed by atoms with Crippen molar-refractivity contribution in [3.8, 4) is 5.75 Å². The van der Waals surface area contributed by atoms with Crippen molar-refractivity contribution in [1.29, 1.82) is 0 Å². The standard InChI is InChI=1S/C12H14F2N2O2/c1-11(2,15)12(13,14)7-3-4-9-8(5-7)16-10(17)6-18-9/h3-5H,6,15H2,1-2H3,(H,16,17). The second kappa shape index (κ2) is 3.91. The maximum atomic E-state index is 14.1. The molecule has 0 spiro atoms. The van der Waals surface area contributed by atoms with E-state index in [9.17, 15) is 13.6 Å². The second-order valence-electron chi connectivity index (χ2n) is 4.84. The summed E-state index contributed by atoms with van der Waals surface area (Å²) in [6, 6.07) is 3.86. The Kier molecular flexibility index (Phi) is 2.77. The second-order valence-corrected chi connectivity index (χ2v) is 4.84. The highest BCUT2D eigenvalue weighted by Gasteiger charge is 2.45. The van der Waals surface area contributed by atoms with Gasteiger partial charge in [-0.15, -0.1) is 0 Å². The first-order chi connectivity index (χ1) is 8.22.